The highest BCUT2D eigenvalue weighted by Crippen LogP contribution is 2.60. The Morgan fingerprint density at radius 3 is 2.32 bits per heavy atom. The summed E-state index contributed by atoms with van der Waals surface area (Å²) >= 11 is 0. The van der Waals surface area contributed by atoms with Crippen LogP contribution in [0.5, 0.6) is 0 Å². The summed E-state index contributed by atoms with van der Waals surface area (Å²) in [6.07, 6.45) is 10.4. The lowest BCUT2D eigenvalue weighted by Gasteiger charge is -2.56. The SMILES string of the molecule is NCCc1noc(CC23CC4CC(CC(C4)C2)C3)n1. The van der Waals surface area contributed by atoms with Gasteiger partial charge in [-0.15, -0.1) is 0 Å². The summed E-state index contributed by atoms with van der Waals surface area (Å²) < 4.78 is 5.44. The predicted molar refractivity (Wildman–Crippen MR) is 71.4 cm³/mol. The Morgan fingerprint density at radius 1 is 1.11 bits per heavy atom. The first-order valence-corrected chi connectivity index (χ1v) is 7.76. The lowest BCUT2D eigenvalue weighted by atomic mass is 9.49. The molecule has 4 aliphatic carbocycles. The van der Waals surface area contributed by atoms with Crippen LogP contribution in [0.3, 0.4) is 0 Å². The van der Waals surface area contributed by atoms with Crippen LogP contribution in [0, 0.1) is 23.2 Å². The minimum Gasteiger partial charge on any atom is -0.339 e. The van der Waals surface area contributed by atoms with E-state index in [0.29, 0.717) is 12.0 Å². The number of nitrogens with two attached hydrogens (primary N) is 1. The largest absolute Gasteiger partial charge is 0.339 e. The van der Waals surface area contributed by atoms with Crippen LogP contribution in [0.4, 0.5) is 0 Å². The van der Waals surface area contributed by atoms with Crippen molar-refractivity contribution in [3.63, 3.8) is 0 Å². The Labute approximate surface area is 114 Å². The van der Waals surface area contributed by atoms with Crippen molar-refractivity contribution in [2.45, 2.75) is 51.4 Å². The first kappa shape index (κ1) is 11.9. The average Bonchev–Trinajstić information content (AvgIpc) is 2.74. The number of rotatable bonds is 4. The fourth-order valence-electron chi connectivity index (χ4n) is 5.42. The van der Waals surface area contributed by atoms with Crippen LogP contribution in [0.1, 0.15) is 50.2 Å². The van der Waals surface area contributed by atoms with Gasteiger partial charge in [0.15, 0.2) is 5.82 Å². The summed E-state index contributed by atoms with van der Waals surface area (Å²) in [6, 6.07) is 0. The highest BCUT2D eigenvalue weighted by atomic mass is 16.5. The third kappa shape index (κ3) is 2.10. The Hall–Kier alpha value is -0.900. The van der Waals surface area contributed by atoms with E-state index < -0.39 is 0 Å². The molecule has 4 heteroatoms. The van der Waals surface area contributed by atoms with Crippen LogP contribution >= 0.6 is 0 Å². The van der Waals surface area contributed by atoms with Crippen molar-refractivity contribution in [1.82, 2.24) is 10.1 Å². The van der Waals surface area contributed by atoms with E-state index in [1.54, 1.807) is 0 Å². The molecule has 0 saturated heterocycles. The minimum absolute atomic E-state index is 0.487. The molecule has 19 heavy (non-hydrogen) atoms. The summed E-state index contributed by atoms with van der Waals surface area (Å²) in [6.45, 7) is 0.594. The number of hydrogen-bond donors (Lipinski definition) is 1. The smallest absolute Gasteiger partial charge is 0.227 e. The van der Waals surface area contributed by atoms with E-state index in [1.165, 1.54) is 38.5 Å². The van der Waals surface area contributed by atoms with Gasteiger partial charge in [0, 0.05) is 12.8 Å². The molecule has 4 aliphatic rings. The highest BCUT2D eigenvalue weighted by molar-refractivity contribution is 5.05. The van der Waals surface area contributed by atoms with Gasteiger partial charge in [0.1, 0.15) is 0 Å². The third-order valence-electron chi connectivity index (χ3n) is 5.57. The van der Waals surface area contributed by atoms with E-state index in [9.17, 15) is 0 Å². The molecule has 4 saturated carbocycles. The van der Waals surface area contributed by atoms with Crippen molar-refractivity contribution < 1.29 is 4.52 Å². The van der Waals surface area contributed by atoms with Gasteiger partial charge in [0.05, 0.1) is 0 Å². The Morgan fingerprint density at radius 2 is 1.74 bits per heavy atom. The average molecular weight is 261 g/mol. The van der Waals surface area contributed by atoms with Gasteiger partial charge in [-0.05, 0) is 68.2 Å². The molecular weight excluding hydrogens is 238 g/mol. The maximum absolute atomic E-state index is 5.54. The minimum atomic E-state index is 0.487. The zero-order valence-electron chi connectivity index (χ0n) is 11.5. The van der Waals surface area contributed by atoms with E-state index in [1.807, 2.05) is 0 Å². The number of aromatic nitrogens is 2. The Bertz CT molecular complexity index is 432. The molecule has 4 fully saturated rings. The van der Waals surface area contributed by atoms with Crippen molar-refractivity contribution in [2.75, 3.05) is 6.54 Å². The van der Waals surface area contributed by atoms with Crippen molar-refractivity contribution in [3.05, 3.63) is 11.7 Å². The van der Waals surface area contributed by atoms with E-state index >= 15 is 0 Å². The summed E-state index contributed by atoms with van der Waals surface area (Å²) in [4.78, 5) is 4.52. The first-order chi connectivity index (χ1) is 9.25. The van der Waals surface area contributed by atoms with Gasteiger partial charge in [-0.1, -0.05) is 5.16 Å². The molecular formula is C15H23N3O. The van der Waals surface area contributed by atoms with Crippen LogP contribution in [-0.2, 0) is 12.8 Å². The Balaban J connectivity index is 1.52. The number of hydrogen-bond acceptors (Lipinski definition) is 4. The molecule has 1 aromatic rings. The normalized spacial score (nSPS) is 39.9. The second-order valence-corrected chi connectivity index (χ2v) is 7.24. The molecule has 1 heterocycles. The monoisotopic (exact) mass is 261 g/mol. The van der Waals surface area contributed by atoms with Gasteiger partial charge in [-0.2, -0.15) is 4.98 Å². The Kier molecular flexibility index (Phi) is 2.69. The molecule has 0 aromatic carbocycles. The third-order valence-corrected chi connectivity index (χ3v) is 5.57. The second-order valence-electron chi connectivity index (χ2n) is 7.24. The van der Waals surface area contributed by atoms with Gasteiger partial charge in [-0.3, -0.25) is 0 Å². The molecule has 0 spiro atoms. The zero-order chi connectivity index (χ0) is 12.9. The molecule has 5 rings (SSSR count). The molecule has 0 aliphatic heterocycles. The number of nitrogens with zero attached hydrogens (tertiary/aromatic N) is 2. The summed E-state index contributed by atoms with van der Waals surface area (Å²) in [5.41, 5.74) is 6.02. The topological polar surface area (TPSA) is 64.9 Å². The van der Waals surface area contributed by atoms with E-state index in [-0.39, 0.29) is 0 Å². The molecule has 4 bridgehead atoms. The van der Waals surface area contributed by atoms with E-state index in [4.69, 9.17) is 10.3 Å². The molecule has 2 N–H and O–H groups in total. The summed E-state index contributed by atoms with van der Waals surface area (Å²) in [5, 5.41) is 4.04. The van der Waals surface area contributed by atoms with Crippen molar-refractivity contribution >= 4 is 0 Å². The van der Waals surface area contributed by atoms with Crippen molar-refractivity contribution in [1.29, 1.82) is 0 Å². The van der Waals surface area contributed by atoms with Gasteiger partial charge >= 0.3 is 0 Å². The summed E-state index contributed by atoms with van der Waals surface area (Å²) in [7, 11) is 0. The van der Waals surface area contributed by atoms with Gasteiger partial charge in [0.2, 0.25) is 5.89 Å². The fraction of sp³-hybridized carbons (Fsp3) is 0.867. The zero-order valence-corrected chi connectivity index (χ0v) is 11.5. The van der Waals surface area contributed by atoms with Crippen molar-refractivity contribution in [2.24, 2.45) is 28.9 Å². The van der Waals surface area contributed by atoms with Crippen LogP contribution in [0.25, 0.3) is 0 Å². The standard InChI is InChI=1S/C15H23N3O/c16-2-1-13-17-14(19-18-13)9-15-6-10-3-11(7-15)5-12(4-10)8-15/h10-12H,1-9,16H2. The van der Waals surface area contributed by atoms with Crippen molar-refractivity contribution in [3.8, 4) is 0 Å². The lowest BCUT2D eigenvalue weighted by Crippen LogP contribution is -2.47. The molecule has 0 amide bonds. The van der Waals surface area contributed by atoms with Gasteiger partial charge < -0.3 is 10.3 Å². The highest BCUT2D eigenvalue weighted by Gasteiger charge is 2.51. The molecule has 4 nitrogen and oxygen atoms in total. The van der Waals surface area contributed by atoms with Crippen LogP contribution in [0.2, 0.25) is 0 Å². The van der Waals surface area contributed by atoms with E-state index in [2.05, 4.69) is 10.1 Å². The quantitative estimate of drug-likeness (QED) is 0.903. The van der Waals surface area contributed by atoms with Gasteiger partial charge in [0.25, 0.3) is 0 Å². The second kappa shape index (κ2) is 4.30. The molecule has 1 aromatic heterocycles. The fourth-order valence-corrected chi connectivity index (χ4v) is 5.42. The first-order valence-electron chi connectivity index (χ1n) is 7.76. The molecule has 0 radical (unpaired) electrons. The summed E-state index contributed by atoms with van der Waals surface area (Å²) in [5.74, 6) is 4.58. The lowest BCUT2D eigenvalue weighted by molar-refractivity contribution is -0.0556. The van der Waals surface area contributed by atoms with E-state index in [0.717, 1.165) is 42.3 Å². The van der Waals surface area contributed by atoms with Gasteiger partial charge in [-0.25, -0.2) is 0 Å². The molecule has 0 atom stereocenters. The van der Waals surface area contributed by atoms with Crippen LogP contribution < -0.4 is 5.73 Å². The van der Waals surface area contributed by atoms with Crippen LogP contribution in [-0.4, -0.2) is 16.7 Å². The maximum Gasteiger partial charge on any atom is 0.227 e. The molecule has 0 unspecified atom stereocenters. The predicted octanol–water partition coefficient (Wildman–Crippen LogP) is 2.33. The maximum atomic E-state index is 5.54. The van der Waals surface area contributed by atoms with Crippen LogP contribution in [0.15, 0.2) is 4.52 Å². The molecule has 104 valence electrons.